The van der Waals surface area contributed by atoms with Crippen molar-refractivity contribution in [3.63, 3.8) is 0 Å². The molecule has 1 N–H and O–H groups in total. The van der Waals surface area contributed by atoms with E-state index in [2.05, 4.69) is 9.97 Å². The van der Waals surface area contributed by atoms with Gasteiger partial charge in [0.1, 0.15) is 6.33 Å². The number of rotatable bonds is 0. The summed E-state index contributed by atoms with van der Waals surface area (Å²) in [6.07, 6.45) is 5.82. The molecule has 1 aromatic heterocycles. The molecular weight excluding hydrogens is 140 g/mol. The normalized spacial score (nSPS) is 22.8. The van der Waals surface area contributed by atoms with Gasteiger partial charge in [-0.3, -0.25) is 0 Å². The lowest BCUT2D eigenvalue weighted by Crippen LogP contribution is -2.11. The number of aliphatic hydroxyl groups is 1. The number of nitrogens with zero attached hydrogens (tertiary/aromatic N) is 2. The molecule has 0 saturated carbocycles. The number of aliphatic hydroxyl groups excluding tert-OH is 1. The smallest absolute Gasteiger partial charge is 0.115 e. The Hall–Kier alpha value is -0.960. The molecule has 3 nitrogen and oxygen atoms in total. The first kappa shape index (κ1) is 6.73. The van der Waals surface area contributed by atoms with E-state index in [-0.39, 0.29) is 6.10 Å². The second-order valence-corrected chi connectivity index (χ2v) is 2.84. The Morgan fingerprint density at radius 2 is 2.45 bits per heavy atom. The lowest BCUT2D eigenvalue weighted by atomic mass is 9.95. The van der Waals surface area contributed by atoms with Crippen LogP contribution in [-0.4, -0.2) is 15.1 Å². The summed E-state index contributed by atoms with van der Waals surface area (Å²) in [6.45, 7) is 0. The van der Waals surface area contributed by atoms with Gasteiger partial charge in [0.25, 0.3) is 0 Å². The number of hydrogen-bond acceptors (Lipinski definition) is 3. The first-order valence-electron chi connectivity index (χ1n) is 3.85. The minimum absolute atomic E-state index is 0.359. The SMILES string of the molecule is OC1CCCc2cncnc21. The molecule has 0 spiro atoms. The summed E-state index contributed by atoms with van der Waals surface area (Å²) in [7, 11) is 0. The summed E-state index contributed by atoms with van der Waals surface area (Å²) in [4.78, 5) is 7.95. The Kier molecular flexibility index (Phi) is 1.58. The average Bonchev–Trinajstić information content (AvgIpc) is 2.06. The third-order valence-electron chi connectivity index (χ3n) is 2.06. The topological polar surface area (TPSA) is 46.0 Å². The largest absolute Gasteiger partial charge is 0.387 e. The molecule has 2 rings (SSSR count). The van der Waals surface area contributed by atoms with Gasteiger partial charge in [-0.1, -0.05) is 0 Å². The van der Waals surface area contributed by atoms with Gasteiger partial charge >= 0.3 is 0 Å². The van der Waals surface area contributed by atoms with Gasteiger partial charge in [0.05, 0.1) is 11.8 Å². The minimum Gasteiger partial charge on any atom is -0.387 e. The summed E-state index contributed by atoms with van der Waals surface area (Å²) in [6, 6.07) is 0. The zero-order chi connectivity index (χ0) is 7.68. The zero-order valence-corrected chi connectivity index (χ0v) is 6.20. The molecule has 0 radical (unpaired) electrons. The zero-order valence-electron chi connectivity index (χ0n) is 6.20. The molecule has 1 heterocycles. The maximum Gasteiger partial charge on any atom is 0.115 e. The molecule has 3 heteroatoms. The van der Waals surface area contributed by atoms with Crippen LogP contribution in [0.5, 0.6) is 0 Å². The predicted molar refractivity (Wildman–Crippen MR) is 39.9 cm³/mol. The fraction of sp³-hybridized carbons (Fsp3) is 0.500. The van der Waals surface area contributed by atoms with Crippen LogP contribution in [0.1, 0.15) is 30.2 Å². The van der Waals surface area contributed by atoms with Gasteiger partial charge in [-0.15, -0.1) is 0 Å². The van der Waals surface area contributed by atoms with Crippen molar-refractivity contribution in [2.75, 3.05) is 0 Å². The molecule has 1 aliphatic rings. The highest BCUT2D eigenvalue weighted by atomic mass is 16.3. The lowest BCUT2D eigenvalue weighted by molar-refractivity contribution is 0.151. The Bertz CT molecular complexity index is 262. The van der Waals surface area contributed by atoms with Gasteiger partial charge < -0.3 is 5.11 Å². The van der Waals surface area contributed by atoms with Crippen LogP contribution in [0.3, 0.4) is 0 Å². The first-order valence-corrected chi connectivity index (χ1v) is 3.85. The molecule has 1 unspecified atom stereocenters. The molecule has 0 amide bonds. The molecule has 1 aliphatic carbocycles. The van der Waals surface area contributed by atoms with Gasteiger partial charge in [-0.2, -0.15) is 0 Å². The fourth-order valence-electron chi connectivity index (χ4n) is 1.48. The Labute approximate surface area is 65.1 Å². The van der Waals surface area contributed by atoms with E-state index in [9.17, 15) is 5.11 Å². The van der Waals surface area contributed by atoms with Crippen LogP contribution in [0.25, 0.3) is 0 Å². The van der Waals surface area contributed by atoms with Crippen molar-refractivity contribution in [3.05, 3.63) is 23.8 Å². The van der Waals surface area contributed by atoms with Crippen LogP contribution < -0.4 is 0 Å². The second-order valence-electron chi connectivity index (χ2n) is 2.84. The van der Waals surface area contributed by atoms with Crippen LogP contribution in [0.15, 0.2) is 12.5 Å². The van der Waals surface area contributed by atoms with Crippen molar-refractivity contribution < 1.29 is 5.11 Å². The van der Waals surface area contributed by atoms with E-state index in [1.807, 2.05) is 0 Å². The maximum atomic E-state index is 9.47. The number of aryl methyl sites for hydroxylation is 1. The first-order chi connectivity index (χ1) is 5.38. The van der Waals surface area contributed by atoms with E-state index in [1.54, 1.807) is 6.20 Å². The van der Waals surface area contributed by atoms with Crippen molar-refractivity contribution in [1.29, 1.82) is 0 Å². The highest BCUT2D eigenvalue weighted by Gasteiger charge is 2.18. The van der Waals surface area contributed by atoms with Crippen LogP contribution >= 0.6 is 0 Å². The molecule has 0 fully saturated rings. The summed E-state index contributed by atoms with van der Waals surface area (Å²) < 4.78 is 0. The molecule has 0 aliphatic heterocycles. The number of aromatic nitrogens is 2. The molecule has 0 aromatic carbocycles. The van der Waals surface area contributed by atoms with Crippen molar-refractivity contribution >= 4 is 0 Å². The standard InChI is InChI=1S/C8H10N2O/c11-7-3-1-2-6-4-9-5-10-8(6)7/h4-5,7,11H,1-3H2. The Morgan fingerprint density at radius 3 is 3.27 bits per heavy atom. The third-order valence-corrected chi connectivity index (χ3v) is 2.06. The van der Waals surface area contributed by atoms with Crippen molar-refractivity contribution in [3.8, 4) is 0 Å². The molecule has 1 atom stereocenters. The van der Waals surface area contributed by atoms with E-state index < -0.39 is 0 Å². The van der Waals surface area contributed by atoms with Crippen LogP contribution in [0.2, 0.25) is 0 Å². The Balaban J connectivity index is 2.44. The van der Waals surface area contributed by atoms with Crippen LogP contribution in [-0.2, 0) is 6.42 Å². The van der Waals surface area contributed by atoms with E-state index >= 15 is 0 Å². The average molecular weight is 150 g/mol. The third kappa shape index (κ3) is 1.12. The van der Waals surface area contributed by atoms with Gasteiger partial charge in [0.2, 0.25) is 0 Å². The van der Waals surface area contributed by atoms with Gasteiger partial charge in [0.15, 0.2) is 0 Å². The lowest BCUT2D eigenvalue weighted by Gasteiger charge is -2.18. The second kappa shape index (κ2) is 2.58. The minimum atomic E-state index is -0.359. The van der Waals surface area contributed by atoms with Gasteiger partial charge in [-0.25, -0.2) is 9.97 Å². The maximum absolute atomic E-state index is 9.47. The Morgan fingerprint density at radius 1 is 1.55 bits per heavy atom. The molecule has 1 aromatic rings. The highest BCUT2D eigenvalue weighted by Crippen LogP contribution is 2.26. The van der Waals surface area contributed by atoms with Crippen molar-refractivity contribution in [1.82, 2.24) is 9.97 Å². The van der Waals surface area contributed by atoms with Crippen molar-refractivity contribution in [2.45, 2.75) is 25.4 Å². The summed E-state index contributed by atoms with van der Waals surface area (Å²) >= 11 is 0. The van der Waals surface area contributed by atoms with Crippen LogP contribution in [0, 0.1) is 0 Å². The molecule has 0 bridgehead atoms. The van der Waals surface area contributed by atoms with Crippen LogP contribution in [0.4, 0.5) is 0 Å². The monoisotopic (exact) mass is 150 g/mol. The van der Waals surface area contributed by atoms with Crippen molar-refractivity contribution in [2.24, 2.45) is 0 Å². The molecule has 0 saturated heterocycles. The molecular formula is C8H10N2O. The quantitative estimate of drug-likeness (QED) is 0.596. The number of hydrogen-bond donors (Lipinski definition) is 1. The summed E-state index contributed by atoms with van der Waals surface area (Å²) in [5, 5.41) is 9.47. The predicted octanol–water partition coefficient (Wildman–Crippen LogP) is 0.846. The fourth-order valence-corrected chi connectivity index (χ4v) is 1.48. The molecule has 11 heavy (non-hydrogen) atoms. The van der Waals surface area contributed by atoms with E-state index in [4.69, 9.17) is 0 Å². The number of fused-ring (bicyclic) bond motifs is 1. The van der Waals surface area contributed by atoms with E-state index in [1.165, 1.54) is 6.33 Å². The highest BCUT2D eigenvalue weighted by molar-refractivity contribution is 5.20. The van der Waals surface area contributed by atoms with Gasteiger partial charge in [-0.05, 0) is 24.8 Å². The van der Waals surface area contributed by atoms with E-state index in [0.29, 0.717) is 0 Å². The molecule has 58 valence electrons. The van der Waals surface area contributed by atoms with E-state index in [0.717, 1.165) is 30.5 Å². The summed E-state index contributed by atoms with van der Waals surface area (Å²) in [5.41, 5.74) is 1.93. The summed E-state index contributed by atoms with van der Waals surface area (Å²) in [5.74, 6) is 0. The van der Waals surface area contributed by atoms with Gasteiger partial charge in [0, 0.05) is 6.20 Å².